The van der Waals surface area contributed by atoms with Crippen molar-refractivity contribution in [2.75, 3.05) is 33.7 Å². The third-order valence-corrected chi connectivity index (χ3v) is 4.45. The van der Waals surface area contributed by atoms with Crippen molar-refractivity contribution in [2.24, 2.45) is 5.41 Å². The molecule has 0 aliphatic carbocycles. The lowest BCUT2D eigenvalue weighted by Crippen LogP contribution is -2.53. The number of nitrogens with one attached hydrogen (secondary N) is 1. The molecular weight excluding hydrogens is 270 g/mol. The maximum Gasteiger partial charge on any atom is 0.0277 e. The summed E-state index contributed by atoms with van der Waals surface area (Å²) in [5.74, 6) is 0. The van der Waals surface area contributed by atoms with Gasteiger partial charge in [0.05, 0.1) is 0 Å². The monoisotopic (exact) mass is 315 g/mol. The summed E-state index contributed by atoms with van der Waals surface area (Å²) in [5, 5.41) is 3.68. The van der Waals surface area contributed by atoms with Crippen LogP contribution in [0.3, 0.4) is 0 Å². The number of hydrogen-bond acceptors (Lipinski definition) is 3. The van der Waals surface area contributed by atoms with Crippen LogP contribution in [0.4, 0.5) is 0 Å². The van der Waals surface area contributed by atoms with Crippen molar-refractivity contribution in [1.29, 1.82) is 0 Å². The molecule has 0 aliphatic heterocycles. The van der Waals surface area contributed by atoms with E-state index in [1.165, 1.54) is 0 Å². The topological polar surface area (TPSA) is 18.5 Å². The zero-order chi connectivity index (χ0) is 18.1. The quantitative estimate of drug-likeness (QED) is 0.691. The Bertz CT molecular complexity index is 270. The minimum atomic E-state index is 0.189. The molecule has 0 rings (SSSR count). The number of hydrogen-bond donors (Lipinski definition) is 1. The smallest absolute Gasteiger partial charge is 0.0277 e. The molecule has 0 amide bonds. The Labute approximate surface area is 141 Å². The average Bonchev–Trinajstić information content (AvgIpc) is 2.38. The van der Waals surface area contributed by atoms with Gasteiger partial charge in [0.2, 0.25) is 0 Å². The van der Waals surface area contributed by atoms with Gasteiger partial charge in [-0.15, -0.1) is 0 Å². The van der Waals surface area contributed by atoms with Crippen LogP contribution in [-0.2, 0) is 0 Å². The molecule has 0 aromatic heterocycles. The predicted octanol–water partition coefficient (Wildman–Crippen LogP) is 4.09. The van der Waals surface area contributed by atoms with Crippen molar-refractivity contribution < 1.29 is 0 Å². The Morgan fingerprint density at radius 1 is 0.818 bits per heavy atom. The molecule has 1 N–H and O–H groups in total. The molecule has 0 fully saturated rings. The fraction of sp³-hybridized carbons (Fsp3) is 1.00. The molecule has 0 saturated heterocycles. The van der Waals surface area contributed by atoms with Crippen molar-refractivity contribution in [1.82, 2.24) is 15.1 Å². The van der Waals surface area contributed by atoms with Gasteiger partial charge in [-0.05, 0) is 61.1 Å². The summed E-state index contributed by atoms with van der Waals surface area (Å²) in [6.45, 7) is 25.5. The summed E-state index contributed by atoms with van der Waals surface area (Å²) in [6.07, 6.45) is 0. The lowest BCUT2D eigenvalue weighted by Gasteiger charge is -2.40. The van der Waals surface area contributed by atoms with Gasteiger partial charge in [0.25, 0.3) is 0 Å². The number of nitrogens with zero attached hydrogens (tertiary/aromatic N) is 2. The summed E-state index contributed by atoms with van der Waals surface area (Å²) >= 11 is 0. The standard InChI is InChI=1S/C17H39N3.C2H6/c1-14(2)19(9)13-16(5,6)11-18-12-17(7,8)20(10)15(3)4;1-2/h14-15,18H,11-13H2,1-10H3;1-2H3. The lowest BCUT2D eigenvalue weighted by molar-refractivity contribution is 0.109. The van der Waals surface area contributed by atoms with E-state index in [4.69, 9.17) is 0 Å². The van der Waals surface area contributed by atoms with Crippen LogP contribution in [0, 0.1) is 5.41 Å². The van der Waals surface area contributed by atoms with E-state index in [1.54, 1.807) is 0 Å². The van der Waals surface area contributed by atoms with E-state index in [2.05, 4.69) is 84.6 Å². The second-order valence-electron chi connectivity index (χ2n) is 8.29. The van der Waals surface area contributed by atoms with Crippen LogP contribution < -0.4 is 5.32 Å². The van der Waals surface area contributed by atoms with Gasteiger partial charge in [-0.3, -0.25) is 4.90 Å². The summed E-state index contributed by atoms with van der Waals surface area (Å²) in [5.41, 5.74) is 0.486. The van der Waals surface area contributed by atoms with Crippen LogP contribution >= 0.6 is 0 Å². The van der Waals surface area contributed by atoms with Gasteiger partial charge < -0.3 is 10.2 Å². The molecule has 0 spiro atoms. The number of rotatable bonds is 9. The van der Waals surface area contributed by atoms with Gasteiger partial charge in [-0.1, -0.05) is 27.7 Å². The largest absolute Gasteiger partial charge is 0.314 e. The van der Waals surface area contributed by atoms with Gasteiger partial charge in [0.15, 0.2) is 0 Å². The van der Waals surface area contributed by atoms with Crippen LogP contribution in [0.1, 0.15) is 69.2 Å². The molecule has 0 aromatic rings. The summed E-state index contributed by atoms with van der Waals surface area (Å²) in [6, 6.07) is 1.18. The van der Waals surface area contributed by atoms with Crippen LogP contribution in [0.2, 0.25) is 0 Å². The Balaban J connectivity index is 0. The molecule has 0 atom stereocenters. The molecule has 22 heavy (non-hydrogen) atoms. The van der Waals surface area contributed by atoms with Gasteiger partial charge in [-0.2, -0.15) is 0 Å². The third kappa shape index (κ3) is 9.81. The highest BCUT2D eigenvalue weighted by atomic mass is 15.2. The van der Waals surface area contributed by atoms with E-state index in [1.807, 2.05) is 13.8 Å². The van der Waals surface area contributed by atoms with Gasteiger partial charge >= 0.3 is 0 Å². The molecule has 0 bridgehead atoms. The normalized spacial score (nSPS) is 13.1. The van der Waals surface area contributed by atoms with Crippen LogP contribution in [0.5, 0.6) is 0 Å². The molecule has 0 saturated carbocycles. The van der Waals surface area contributed by atoms with Crippen molar-refractivity contribution in [3.8, 4) is 0 Å². The maximum absolute atomic E-state index is 3.68. The molecule has 0 aromatic carbocycles. The first-order valence-corrected chi connectivity index (χ1v) is 9.03. The maximum atomic E-state index is 3.68. The summed E-state index contributed by atoms with van der Waals surface area (Å²) in [7, 11) is 4.42. The third-order valence-electron chi connectivity index (χ3n) is 4.45. The summed E-state index contributed by atoms with van der Waals surface area (Å²) < 4.78 is 0. The van der Waals surface area contributed by atoms with Crippen molar-refractivity contribution >= 4 is 0 Å². The van der Waals surface area contributed by atoms with Crippen molar-refractivity contribution in [2.45, 2.75) is 86.9 Å². The van der Waals surface area contributed by atoms with Gasteiger partial charge in [0, 0.05) is 37.3 Å². The second kappa shape index (κ2) is 10.6. The molecule has 3 heteroatoms. The second-order valence-corrected chi connectivity index (χ2v) is 8.29. The van der Waals surface area contributed by atoms with Crippen molar-refractivity contribution in [3.63, 3.8) is 0 Å². The van der Waals surface area contributed by atoms with E-state index in [0.29, 0.717) is 17.5 Å². The van der Waals surface area contributed by atoms with E-state index >= 15 is 0 Å². The molecule has 0 radical (unpaired) electrons. The van der Waals surface area contributed by atoms with E-state index in [0.717, 1.165) is 19.6 Å². The van der Waals surface area contributed by atoms with Gasteiger partial charge in [-0.25, -0.2) is 0 Å². The lowest BCUT2D eigenvalue weighted by atomic mass is 9.91. The average molecular weight is 316 g/mol. The molecule has 0 aliphatic rings. The SMILES string of the molecule is CC.CC(C)N(C)CC(C)(C)CNCC(C)(C)N(C)C(C)C. The fourth-order valence-corrected chi connectivity index (χ4v) is 2.44. The zero-order valence-electron chi connectivity index (χ0n) is 17.7. The van der Waals surface area contributed by atoms with E-state index < -0.39 is 0 Å². The first-order valence-electron chi connectivity index (χ1n) is 9.03. The van der Waals surface area contributed by atoms with Crippen LogP contribution in [-0.4, -0.2) is 61.2 Å². The van der Waals surface area contributed by atoms with Crippen LogP contribution in [0.15, 0.2) is 0 Å². The molecular formula is C19H45N3. The highest BCUT2D eigenvalue weighted by molar-refractivity contribution is 4.85. The van der Waals surface area contributed by atoms with E-state index in [9.17, 15) is 0 Å². The first kappa shape index (κ1) is 24.1. The van der Waals surface area contributed by atoms with Crippen molar-refractivity contribution in [3.05, 3.63) is 0 Å². The van der Waals surface area contributed by atoms with Crippen LogP contribution in [0.25, 0.3) is 0 Å². The molecule has 3 nitrogen and oxygen atoms in total. The zero-order valence-corrected chi connectivity index (χ0v) is 17.7. The Morgan fingerprint density at radius 3 is 1.64 bits per heavy atom. The Morgan fingerprint density at radius 2 is 1.27 bits per heavy atom. The highest BCUT2D eigenvalue weighted by Gasteiger charge is 2.27. The minimum Gasteiger partial charge on any atom is -0.314 e. The Hall–Kier alpha value is -0.120. The fourth-order valence-electron chi connectivity index (χ4n) is 2.44. The van der Waals surface area contributed by atoms with E-state index in [-0.39, 0.29) is 5.54 Å². The van der Waals surface area contributed by atoms with Gasteiger partial charge in [0.1, 0.15) is 0 Å². The highest BCUT2D eigenvalue weighted by Crippen LogP contribution is 2.18. The predicted molar refractivity (Wildman–Crippen MR) is 103 cm³/mol. The summed E-state index contributed by atoms with van der Waals surface area (Å²) in [4.78, 5) is 4.86. The first-order chi connectivity index (χ1) is 9.89. The minimum absolute atomic E-state index is 0.189. The Kier molecular flexibility index (Phi) is 11.6. The molecule has 0 unspecified atom stereocenters. The molecule has 136 valence electrons. The molecule has 0 heterocycles. The number of likely N-dealkylation sites (N-methyl/N-ethyl adjacent to an activating group) is 1.